The Hall–Kier alpha value is -3.77. The van der Waals surface area contributed by atoms with Gasteiger partial charge in [-0.2, -0.15) is 0 Å². The molecule has 1 amide bonds. The minimum Gasteiger partial charge on any atom is -0.492 e. The van der Waals surface area contributed by atoms with E-state index in [9.17, 15) is 13.2 Å². The fourth-order valence-corrected chi connectivity index (χ4v) is 7.17. The first-order chi connectivity index (χ1) is 20.2. The number of aliphatic imine (C=N–C) groups is 1. The molecular weight excluding hydrogens is 566 g/mol. The average Bonchev–Trinajstić information content (AvgIpc) is 3.33. The first kappa shape index (κ1) is 29.3. The van der Waals surface area contributed by atoms with Crippen LogP contribution in [-0.4, -0.2) is 56.6 Å². The van der Waals surface area contributed by atoms with Gasteiger partial charge in [-0.3, -0.25) is 19.5 Å². The first-order valence-corrected chi connectivity index (χ1v) is 16.6. The highest BCUT2D eigenvalue weighted by Gasteiger charge is 2.62. The molecule has 2 aromatic carbocycles. The summed E-state index contributed by atoms with van der Waals surface area (Å²) in [7, 11) is -2.14. The molecule has 1 saturated carbocycles. The van der Waals surface area contributed by atoms with Crippen LogP contribution in [0.1, 0.15) is 68.4 Å². The molecule has 2 aromatic rings. The summed E-state index contributed by atoms with van der Waals surface area (Å²) < 4.78 is 32.3. The number of hydrogen-bond acceptors (Lipinski definition) is 9. The van der Waals surface area contributed by atoms with Crippen LogP contribution in [0.25, 0.3) is 0 Å². The van der Waals surface area contributed by atoms with Gasteiger partial charge in [-0.25, -0.2) is 8.42 Å². The maximum atomic E-state index is 13.6. The van der Waals surface area contributed by atoms with E-state index in [1.54, 1.807) is 12.1 Å². The lowest BCUT2D eigenvalue weighted by atomic mass is 9.86. The van der Waals surface area contributed by atoms with Gasteiger partial charge in [0.2, 0.25) is 10.0 Å². The quantitative estimate of drug-likeness (QED) is 0.368. The van der Waals surface area contributed by atoms with Crippen molar-refractivity contribution in [3.63, 3.8) is 0 Å². The van der Waals surface area contributed by atoms with Gasteiger partial charge in [-0.05, 0) is 66.5 Å². The molecule has 43 heavy (non-hydrogen) atoms. The van der Waals surface area contributed by atoms with Crippen LogP contribution < -0.4 is 30.7 Å². The summed E-state index contributed by atoms with van der Waals surface area (Å²) in [5.74, 6) is 1.80. The molecule has 0 aromatic heterocycles. The highest BCUT2D eigenvalue weighted by molar-refractivity contribution is 7.92. The highest BCUT2D eigenvalue weighted by Crippen LogP contribution is 2.57. The van der Waals surface area contributed by atoms with Crippen molar-refractivity contribution in [2.75, 3.05) is 35.0 Å². The van der Waals surface area contributed by atoms with Crippen molar-refractivity contribution in [2.45, 2.75) is 70.9 Å². The van der Waals surface area contributed by atoms with Crippen LogP contribution in [0.4, 0.5) is 17.1 Å². The molecule has 3 aliphatic heterocycles. The summed E-state index contributed by atoms with van der Waals surface area (Å²) in [6.07, 6.45) is 6.59. The second-order valence-electron chi connectivity index (χ2n) is 13.2. The van der Waals surface area contributed by atoms with Gasteiger partial charge in [-0.15, -0.1) is 5.53 Å². The smallest absolute Gasteiger partial charge is 0.255 e. The molecule has 0 radical (unpaired) electrons. The van der Waals surface area contributed by atoms with E-state index in [1.165, 1.54) is 25.8 Å². The molecule has 1 spiro atoms. The zero-order chi connectivity index (χ0) is 30.9. The number of anilines is 3. The molecule has 1 aliphatic carbocycles. The van der Waals surface area contributed by atoms with Crippen molar-refractivity contribution in [2.24, 2.45) is 10.9 Å². The fourth-order valence-electron chi connectivity index (χ4n) is 6.62. The van der Waals surface area contributed by atoms with Gasteiger partial charge in [0, 0.05) is 23.7 Å². The molecule has 4 N–H and O–H groups in total. The fraction of sp³-hybridized carbons (Fsp3) is 0.484. The number of aryl methyl sites for hydroxylation is 1. The van der Waals surface area contributed by atoms with Crippen LogP contribution >= 0.6 is 0 Å². The third kappa shape index (κ3) is 5.31. The largest absolute Gasteiger partial charge is 0.492 e. The molecular formula is C31H41N7O4S. The maximum absolute atomic E-state index is 13.6. The molecule has 2 fully saturated rings. The number of rotatable bonds is 7. The summed E-state index contributed by atoms with van der Waals surface area (Å²) in [5, 5.41) is 4.87. The predicted octanol–water partition coefficient (Wildman–Crippen LogP) is 4.25. The van der Waals surface area contributed by atoms with E-state index in [-0.39, 0.29) is 34.3 Å². The number of ether oxygens (including phenoxy) is 1. The summed E-state index contributed by atoms with van der Waals surface area (Å²) in [6, 6.07) is 9.26. The standard InChI is InChI=1S/C31H41N7O4S/c1-18-8-9-20(29(39)33-22-13-21(30(3,4)5)14-23(28(22)42-6)35-43(7,40)41)12-25(18)37-17-24(34-36-37)26-16-32-27-10-11-31(38(26)27)15-19(31)2/h8-9,12-14,17,19,26,34-36H,10-11,15-16H2,1-7H3,(H,33,39). The molecule has 11 nitrogen and oxygen atoms in total. The number of carbonyl (C=O) groups excluding carboxylic acids is 1. The van der Waals surface area contributed by atoms with Crippen LogP contribution in [0, 0.1) is 12.8 Å². The van der Waals surface area contributed by atoms with E-state index in [2.05, 4.69) is 39.0 Å². The summed E-state index contributed by atoms with van der Waals surface area (Å²) >= 11 is 0. The van der Waals surface area contributed by atoms with Crippen molar-refractivity contribution in [1.82, 2.24) is 15.9 Å². The van der Waals surface area contributed by atoms with Crippen LogP contribution in [0.3, 0.4) is 0 Å². The topological polar surface area (TPSA) is 127 Å². The van der Waals surface area contributed by atoms with Gasteiger partial charge in [0.15, 0.2) is 5.75 Å². The van der Waals surface area contributed by atoms with Crippen molar-refractivity contribution < 1.29 is 17.9 Å². The molecule has 3 unspecified atom stereocenters. The Bertz CT molecular complexity index is 1660. The van der Waals surface area contributed by atoms with Crippen LogP contribution in [0.15, 0.2) is 47.2 Å². The van der Waals surface area contributed by atoms with Crippen LogP contribution in [0.2, 0.25) is 0 Å². The third-order valence-electron chi connectivity index (χ3n) is 9.10. The molecule has 1 saturated heterocycles. The monoisotopic (exact) mass is 607 g/mol. The number of carbonyl (C=O) groups is 1. The number of methoxy groups -OCH3 is 1. The van der Waals surface area contributed by atoms with E-state index in [1.807, 2.05) is 50.9 Å². The SMILES string of the molecule is COc1c(NC(=O)c2ccc(C)c(N3C=C(C4CN=C5CCC6(CC6C)N54)NN3)c2)cc(C(C)(C)C)cc1NS(C)(=O)=O. The number of nitrogens with one attached hydrogen (secondary N) is 4. The minimum atomic E-state index is -3.59. The second kappa shape index (κ2) is 10.2. The molecule has 12 heteroatoms. The van der Waals surface area contributed by atoms with Gasteiger partial charge in [0.05, 0.1) is 48.7 Å². The number of amides is 1. The summed E-state index contributed by atoms with van der Waals surface area (Å²) in [6.45, 7) is 11.1. The Morgan fingerprint density at radius 1 is 1.19 bits per heavy atom. The molecule has 0 bridgehead atoms. The van der Waals surface area contributed by atoms with Crippen LogP contribution in [0.5, 0.6) is 5.75 Å². The van der Waals surface area contributed by atoms with Crippen molar-refractivity contribution in [1.29, 1.82) is 0 Å². The Labute approximate surface area is 253 Å². The number of benzene rings is 2. The zero-order valence-corrected chi connectivity index (χ0v) is 26.6. The van der Waals surface area contributed by atoms with Crippen molar-refractivity contribution in [3.8, 4) is 5.75 Å². The lowest BCUT2D eigenvalue weighted by Gasteiger charge is -2.31. The van der Waals surface area contributed by atoms with Gasteiger partial charge in [0.1, 0.15) is 5.84 Å². The second-order valence-corrected chi connectivity index (χ2v) is 15.0. The molecule has 3 heterocycles. The average molecular weight is 608 g/mol. The number of hydrazine groups is 2. The minimum absolute atomic E-state index is 0.170. The highest BCUT2D eigenvalue weighted by atomic mass is 32.2. The number of fused-ring (bicyclic) bond motifs is 2. The molecule has 3 atom stereocenters. The Kier molecular flexibility index (Phi) is 6.92. The van der Waals surface area contributed by atoms with Crippen LogP contribution in [-0.2, 0) is 15.4 Å². The number of amidine groups is 1. The number of nitrogens with zero attached hydrogens (tertiary/aromatic N) is 3. The number of sulfonamides is 1. The van der Waals surface area contributed by atoms with E-state index in [0.29, 0.717) is 17.2 Å². The maximum Gasteiger partial charge on any atom is 0.255 e. The zero-order valence-electron chi connectivity index (χ0n) is 25.8. The van der Waals surface area contributed by atoms with E-state index in [4.69, 9.17) is 9.73 Å². The Morgan fingerprint density at radius 2 is 1.91 bits per heavy atom. The molecule has 4 aliphatic rings. The Morgan fingerprint density at radius 3 is 2.56 bits per heavy atom. The number of hydrogen-bond donors (Lipinski definition) is 4. The van der Waals surface area contributed by atoms with E-state index in [0.717, 1.165) is 41.7 Å². The van der Waals surface area contributed by atoms with Gasteiger partial charge >= 0.3 is 0 Å². The summed E-state index contributed by atoms with van der Waals surface area (Å²) in [5.41, 5.74) is 11.4. The van der Waals surface area contributed by atoms with E-state index >= 15 is 0 Å². The summed E-state index contributed by atoms with van der Waals surface area (Å²) in [4.78, 5) is 21.0. The lowest BCUT2D eigenvalue weighted by Crippen LogP contribution is -2.46. The van der Waals surface area contributed by atoms with Crippen molar-refractivity contribution in [3.05, 3.63) is 58.9 Å². The molecule has 6 rings (SSSR count). The van der Waals surface area contributed by atoms with Gasteiger partial charge < -0.3 is 20.4 Å². The van der Waals surface area contributed by atoms with E-state index < -0.39 is 10.0 Å². The van der Waals surface area contributed by atoms with Crippen molar-refractivity contribution >= 4 is 38.8 Å². The third-order valence-corrected chi connectivity index (χ3v) is 9.69. The Balaban J connectivity index is 1.26. The predicted molar refractivity (Wildman–Crippen MR) is 170 cm³/mol. The van der Waals surface area contributed by atoms with Gasteiger partial charge in [0.25, 0.3) is 5.91 Å². The molecule has 230 valence electrons. The first-order valence-electron chi connectivity index (χ1n) is 14.7. The normalized spacial score (nSPS) is 24.4. The lowest BCUT2D eigenvalue weighted by molar-refractivity contribution is 0.102. The van der Waals surface area contributed by atoms with Gasteiger partial charge in [-0.1, -0.05) is 33.8 Å².